The molecule has 5 heteroatoms. The van der Waals surface area contributed by atoms with Crippen molar-refractivity contribution in [2.75, 3.05) is 25.1 Å². The Morgan fingerprint density at radius 1 is 1.07 bits per heavy atom. The molecule has 0 aliphatic carbocycles. The van der Waals surface area contributed by atoms with E-state index in [-0.39, 0.29) is 24.8 Å². The fourth-order valence-corrected chi connectivity index (χ4v) is 3.87. The van der Waals surface area contributed by atoms with E-state index in [9.17, 15) is 9.59 Å². The molecule has 1 atom stereocenters. The largest absolute Gasteiger partial charge is 0.396 e. The number of aliphatic hydroxyl groups is 1. The van der Waals surface area contributed by atoms with Crippen molar-refractivity contribution in [3.63, 3.8) is 0 Å². The molecule has 2 aromatic rings. The number of anilines is 1. The summed E-state index contributed by atoms with van der Waals surface area (Å²) in [6, 6.07) is 17.6. The number of unbranched alkanes of at least 4 members (excludes halogenated alkanes) is 1. The minimum Gasteiger partial charge on any atom is -0.396 e. The molecule has 27 heavy (non-hydrogen) atoms. The number of carbonyl (C=O) groups is 2. The third-order valence-electron chi connectivity index (χ3n) is 5.21. The number of fused-ring (bicyclic) bond motifs is 1. The van der Waals surface area contributed by atoms with Gasteiger partial charge >= 0.3 is 0 Å². The second kappa shape index (κ2) is 8.35. The number of rotatable bonds is 8. The second-order valence-electron chi connectivity index (χ2n) is 7.08. The minimum atomic E-state index is -0.895. The Hall–Kier alpha value is -2.66. The highest BCUT2D eigenvalue weighted by Crippen LogP contribution is 2.45. The molecule has 0 saturated heterocycles. The molecule has 2 N–H and O–H groups in total. The number of nitrogens with one attached hydrogen (secondary N) is 1. The van der Waals surface area contributed by atoms with Crippen LogP contribution in [0.5, 0.6) is 0 Å². The fourth-order valence-electron chi connectivity index (χ4n) is 3.87. The van der Waals surface area contributed by atoms with Gasteiger partial charge in [-0.05, 0) is 36.5 Å². The average Bonchev–Trinajstić information content (AvgIpc) is 2.89. The lowest BCUT2D eigenvalue weighted by molar-refractivity contribution is -0.129. The van der Waals surface area contributed by atoms with Gasteiger partial charge in [0.25, 0.3) is 0 Å². The molecule has 0 unspecified atom stereocenters. The molecule has 0 aromatic heterocycles. The van der Waals surface area contributed by atoms with E-state index >= 15 is 0 Å². The lowest BCUT2D eigenvalue weighted by Gasteiger charge is -2.28. The molecule has 0 saturated carbocycles. The number of likely N-dealkylation sites (N-methyl/N-ethyl adjacent to an activating group) is 1. The highest BCUT2D eigenvalue weighted by molar-refractivity contribution is 6.09. The third-order valence-corrected chi connectivity index (χ3v) is 5.21. The van der Waals surface area contributed by atoms with Gasteiger partial charge in [0, 0.05) is 32.3 Å². The summed E-state index contributed by atoms with van der Waals surface area (Å²) in [5.41, 5.74) is 1.91. The summed E-state index contributed by atoms with van der Waals surface area (Å²) >= 11 is 0. The van der Waals surface area contributed by atoms with E-state index in [0.717, 1.165) is 23.2 Å². The smallest absolute Gasteiger partial charge is 0.238 e. The molecule has 0 spiro atoms. The zero-order valence-corrected chi connectivity index (χ0v) is 15.6. The predicted molar refractivity (Wildman–Crippen MR) is 106 cm³/mol. The molecule has 2 amide bonds. The van der Waals surface area contributed by atoms with E-state index in [1.54, 1.807) is 11.9 Å². The van der Waals surface area contributed by atoms with Crippen LogP contribution in [0.2, 0.25) is 0 Å². The van der Waals surface area contributed by atoms with Gasteiger partial charge in [-0.1, -0.05) is 48.5 Å². The summed E-state index contributed by atoms with van der Waals surface area (Å²) in [7, 11) is 1.77. The lowest BCUT2D eigenvalue weighted by Crippen LogP contribution is -2.44. The third kappa shape index (κ3) is 3.88. The van der Waals surface area contributed by atoms with Crippen LogP contribution in [-0.2, 0) is 21.4 Å². The number of aliphatic hydroxyl groups excluding tert-OH is 1. The van der Waals surface area contributed by atoms with Crippen molar-refractivity contribution in [3.05, 3.63) is 65.7 Å². The molecule has 0 fully saturated rings. The maximum Gasteiger partial charge on any atom is 0.238 e. The SMILES string of the molecule is CN1C(=O)[C@@](CC(=O)NCCCCO)(Cc2ccccc2)c2ccccc21. The molecule has 1 aliphatic rings. The van der Waals surface area contributed by atoms with Crippen molar-refractivity contribution in [1.82, 2.24) is 5.32 Å². The van der Waals surface area contributed by atoms with Gasteiger partial charge in [0.2, 0.25) is 11.8 Å². The van der Waals surface area contributed by atoms with Crippen molar-refractivity contribution < 1.29 is 14.7 Å². The van der Waals surface area contributed by atoms with Gasteiger partial charge in [-0.15, -0.1) is 0 Å². The number of hydrogen-bond donors (Lipinski definition) is 2. The first-order valence-electron chi connectivity index (χ1n) is 9.37. The van der Waals surface area contributed by atoms with Crippen LogP contribution < -0.4 is 10.2 Å². The van der Waals surface area contributed by atoms with Crippen molar-refractivity contribution >= 4 is 17.5 Å². The van der Waals surface area contributed by atoms with Crippen LogP contribution in [0.15, 0.2) is 54.6 Å². The van der Waals surface area contributed by atoms with Gasteiger partial charge in [-0.3, -0.25) is 9.59 Å². The van der Waals surface area contributed by atoms with E-state index in [0.29, 0.717) is 19.4 Å². The van der Waals surface area contributed by atoms with E-state index in [1.807, 2.05) is 54.6 Å². The average molecular weight is 366 g/mol. The molecule has 142 valence electrons. The summed E-state index contributed by atoms with van der Waals surface area (Å²) in [4.78, 5) is 27.7. The van der Waals surface area contributed by atoms with E-state index < -0.39 is 5.41 Å². The Morgan fingerprint density at radius 3 is 2.52 bits per heavy atom. The molecule has 5 nitrogen and oxygen atoms in total. The number of carbonyl (C=O) groups excluding carboxylic acids is 2. The van der Waals surface area contributed by atoms with E-state index in [1.165, 1.54) is 0 Å². The van der Waals surface area contributed by atoms with Gasteiger partial charge in [0.05, 0.1) is 5.41 Å². The summed E-state index contributed by atoms with van der Waals surface area (Å²) in [6.45, 7) is 0.622. The Labute approximate surface area is 160 Å². The van der Waals surface area contributed by atoms with Crippen molar-refractivity contribution in [1.29, 1.82) is 0 Å². The molecular weight excluding hydrogens is 340 g/mol. The number of benzene rings is 2. The molecule has 1 aliphatic heterocycles. The normalized spacial score (nSPS) is 18.4. The molecule has 3 rings (SSSR count). The molecule has 2 aromatic carbocycles. The fraction of sp³-hybridized carbons (Fsp3) is 0.364. The van der Waals surface area contributed by atoms with Crippen LogP contribution >= 0.6 is 0 Å². The summed E-state index contributed by atoms with van der Waals surface area (Å²) in [5.74, 6) is -0.180. The van der Waals surface area contributed by atoms with Crippen molar-refractivity contribution in [3.8, 4) is 0 Å². The molecule has 0 bridgehead atoms. The molecule has 0 radical (unpaired) electrons. The van der Waals surface area contributed by atoms with Gasteiger partial charge in [0.1, 0.15) is 0 Å². The zero-order chi connectivity index (χ0) is 19.3. The van der Waals surface area contributed by atoms with Crippen molar-refractivity contribution in [2.24, 2.45) is 0 Å². The van der Waals surface area contributed by atoms with Crippen LogP contribution in [0.25, 0.3) is 0 Å². The molecular formula is C22H26N2O3. The topological polar surface area (TPSA) is 69.6 Å². The first kappa shape index (κ1) is 19.1. The quantitative estimate of drug-likeness (QED) is 0.705. The summed E-state index contributed by atoms with van der Waals surface area (Å²) in [6.07, 6.45) is 1.97. The standard InChI is InChI=1S/C22H26N2O3/c1-24-19-12-6-5-11-18(19)22(21(24)27,15-17-9-3-2-4-10-17)16-20(26)23-13-7-8-14-25/h2-6,9-12,25H,7-8,13-16H2,1H3,(H,23,26)/t22-/m1/s1. The first-order chi connectivity index (χ1) is 13.1. The predicted octanol–water partition coefficient (Wildman–Crippen LogP) is 2.42. The minimum absolute atomic E-state index is 0.0435. The van der Waals surface area contributed by atoms with Gasteiger partial charge in [-0.2, -0.15) is 0 Å². The number of hydrogen-bond acceptors (Lipinski definition) is 3. The van der Waals surface area contributed by atoms with Crippen LogP contribution in [0, 0.1) is 0 Å². The maximum absolute atomic E-state index is 13.3. The first-order valence-corrected chi connectivity index (χ1v) is 9.37. The van der Waals surface area contributed by atoms with Gasteiger partial charge < -0.3 is 15.3 Å². The summed E-state index contributed by atoms with van der Waals surface area (Å²) < 4.78 is 0. The Morgan fingerprint density at radius 2 is 1.78 bits per heavy atom. The lowest BCUT2D eigenvalue weighted by atomic mass is 9.73. The van der Waals surface area contributed by atoms with Crippen LogP contribution in [0.1, 0.15) is 30.4 Å². The number of amides is 2. The number of nitrogens with zero attached hydrogens (tertiary/aromatic N) is 1. The summed E-state index contributed by atoms with van der Waals surface area (Å²) in [5, 5.41) is 11.8. The van der Waals surface area contributed by atoms with E-state index in [4.69, 9.17) is 5.11 Å². The second-order valence-corrected chi connectivity index (χ2v) is 7.08. The van der Waals surface area contributed by atoms with Crippen LogP contribution in [0.4, 0.5) is 5.69 Å². The van der Waals surface area contributed by atoms with Crippen molar-refractivity contribution in [2.45, 2.75) is 31.1 Å². The Bertz CT molecular complexity index is 806. The van der Waals surface area contributed by atoms with Gasteiger partial charge in [0.15, 0.2) is 0 Å². The zero-order valence-electron chi connectivity index (χ0n) is 15.6. The Balaban J connectivity index is 1.91. The monoisotopic (exact) mass is 366 g/mol. The number of para-hydroxylation sites is 1. The Kier molecular flexibility index (Phi) is 5.91. The van der Waals surface area contributed by atoms with E-state index in [2.05, 4.69) is 5.32 Å². The molecule has 1 heterocycles. The van der Waals surface area contributed by atoms with Crippen LogP contribution in [0.3, 0.4) is 0 Å². The highest BCUT2D eigenvalue weighted by Gasteiger charge is 2.50. The highest BCUT2D eigenvalue weighted by atomic mass is 16.3. The van der Waals surface area contributed by atoms with Crippen LogP contribution in [-0.4, -0.2) is 37.1 Å². The van der Waals surface area contributed by atoms with Gasteiger partial charge in [-0.25, -0.2) is 0 Å². The maximum atomic E-state index is 13.3.